The van der Waals surface area contributed by atoms with Crippen LogP contribution in [0, 0.1) is 15.5 Å². The number of carbonyl (C=O) groups excluding carboxylic acids is 2. The maximum Gasteiger partial charge on any atom is 0.338 e. The van der Waals surface area contributed by atoms with Crippen LogP contribution >= 0.6 is 0 Å². The second-order valence-corrected chi connectivity index (χ2v) is 7.98. The fourth-order valence-corrected chi connectivity index (χ4v) is 3.02. The predicted molar refractivity (Wildman–Crippen MR) is 99.2 cm³/mol. The molecule has 0 unspecified atom stereocenters. The van der Waals surface area contributed by atoms with Gasteiger partial charge in [0.15, 0.2) is 6.61 Å². The Hall–Kier alpha value is -2.64. The van der Waals surface area contributed by atoms with Crippen LogP contribution in [0.5, 0.6) is 0 Å². The fraction of sp³-hybridized carbons (Fsp3) is 0.556. The van der Waals surface area contributed by atoms with E-state index in [1.165, 1.54) is 12.1 Å². The Morgan fingerprint density at radius 1 is 1.19 bits per heavy atom. The highest BCUT2D eigenvalue weighted by molar-refractivity contribution is 5.93. The number of hydrogen-bond donors (Lipinski definition) is 2. The number of ether oxygens (including phenoxy) is 1. The van der Waals surface area contributed by atoms with E-state index in [2.05, 4.69) is 31.4 Å². The van der Waals surface area contributed by atoms with Crippen molar-refractivity contribution in [3.63, 3.8) is 0 Å². The van der Waals surface area contributed by atoms with E-state index in [0.29, 0.717) is 0 Å². The van der Waals surface area contributed by atoms with Crippen molar-refractivity contribution in [2.75, 3.05) is 19.0 Å². The van der Waals surface area contributed by atoms with Gasteiger partial charge in [0.2, 0.25) is 0 Å². The highest BCUT2D eigenvalue weighted by atomic mass is 16.6. The van der Waals surface area contributed by atoms with Crippen LogP contribution in [0.4, 0.5) is 11.4 Å². The molecule has 0 aliphatic heterocycles. The summed E-state index contributed by atoms with van der Waals surface area (Å²) < 4.78 is 4.98. The lowest BCUT2D eigenvalue weighted by atomic mass is 9.82. The van der Waals surface area contributed by atoms with Gasteiger partial charge in [0.1, 0.15) is 5.69 Å². The van der Waals surface area contributed by atoms with Crippen LogP contribution in [0.2, 0.25) is 0 Å². The number of nitro groups is 1. The summed E-state index contributed by atoms with van der Waals surface area (Å²) in [6.07, 6.45) is 0.747. The van der Waals surface area contributed by atoms with Crippen molar-refractivity contribution in [1.82, 2.24) is 5.32 Å². The monoisotopic (exact) mass is 365 g/mol. The third-order valence-corrected chi connectivity index (χ3v) is 3.48. The van der Waals surface area contributed by atoms with Crippen LogP contribution in [-0.2, 0) is 9.53 Å². The van der Waals surface area contributed by atoms with Crippen molar-refractivity contribution >= 4 is 23.3 Å². The van der Waals surface area contributed by atoms with E-state index in [1.807, 2.05) is 13.8 Å². The van der Waals surface area contributed by atoms with Gasteiger partial charge in [0.05, 0.1) is 10.5 Å². The molecule has 0 aromatic heterocycles. The first-order valence-corrected chi connectivity index (χ1v) is 8.29. The number of nitrogens with one attached hydrogen (secondary N) is 2. The Bertz CT molecular complexity index is 693. The SMILES string of the molecule is CNc1ccc(C(=O)OCC(=O)NC(C)(C)CC(C)(C)C)cc1[N+](=O)[O-]. The summed E-state index contributed by atoms with van der Waals surface area (Å²) in [5, 5.41) is 16.6. The average Bonchev–Trinajstić information content (AvgIpc) is 2.48. The van der Waals surface area contributed by atoms with Gasteiger partial charge in [-0.2, -0.15) is 0 Å². The topological polar surface area (TPSA) is 111 Å². The van der Waals surface area contributed by atoms with E-state index in [9.17, 15) is 19.7 Å². The van der Waals surface area contributed by atoms with E-state index in [-0.39, 0.29) is 22.4 Å². The molecule has 0 atom stereocenters. The Morgan fingerprint density at radius 2 is 1.81 bits per heavy atom. The summed E-state index contributed by atoms with van der Waals surface area (Å²) in [5.74, 6) is -1.21. The summed E-state index contributed by atoms with van der Waals surface area (Å²) >= 11 is 0. The molecule has 144 valence electrons. The first-order valence-electron chi connectivity index (χ1n) is 8.29. The molecule has 0 spiro atoms. The van der Waals surface area contributed by atoms with Gasteiger partial charge < -0.3 is 15.4 Å². The molecule has 0 saturated carbocycles. The minimum Gasteiger partial charge on any atom is -0.452 e. The number of nitrogens with zero attached hydrogens (tertiary/aromatic N) is 1. The highest BCUT2D eigenvalue weighted by Gasteiger charge is 2.27. The van der Waals surface area contributed by atoms with E-state index in [0.717, 1.165) is 12.5 Å². The quantitative estimate of drug-likeness (QED) is 0.436. The smallest absolute Gasteiger partial charge is 0.338 e. The number of hydrogen-bond acceptors (Lipinski definition) is 6. The van der Waals surface area contributed by atoms with Gasteiger partial charge in [-0.15, -0.1) is 0 Å². The van der Waals surface area contributed by atoms with Crippen LogP contribution in [0.25, 0.3) is 0 Å². The maximum atomic E-state index is 12.1. The van der Waals surface area contributed by atoms with Crippen molar-refractivity contribution in [2.45, 2.75) is 46.6 Å². The molecule has 0 radical (unpaired) electrons. The molecule has 0 heterocycles. The largest absolute Gasteiger partial charge is 0.452 e. The molecule has 1 rings (SSSR count). The van der Waals surface area contributed by atoms with Gasteiger partial charge in [0.25, 0.3) is 11.6 Å². The van der Waals surface area contributed by atoms with Crippen molar-refractivity contribution in [2.24, 2.45) is 5.41 Å². The number of benzene rings is 1. The standard InChI is InChI=1S/C18H27N3O5/c1-17(2,3)11-18(4,5)20-15(22)10-26-16(23)12-7-8-13(19-6)14(9-12)21(24)25/h7-9,19H,10-11H2,1-6H3,(H,20,22). The lowest BCUT2D eigenvalue weighted by Crippen LogP contribution is -2.47. The van der Waals surface area contributed by atoms with Crippen LogP contribution < -0.4 is 10.6 Å². The first kappa shape index (κ1) is 21.4. The van der Waals surface area contributed by atoms with Gasteiger partial charge in [-0.3, -0.25) is 14.9 Å². The molecule has 0 bridgehead atoms. The Balaban J connectivity index is 2.70. The van der Waals surface area contributed by atoms with E-state index >= 15 is 0 Å². The summed E-state index contributed by atoms with van der Waals surface area (Å²) in [6, 6.07) is 3.94. The molecule has 8 nitrogen and oxygen atoms in total. The number of anilines is 1. The minimum absolute atomic E-state index is 0.0115. The van der Waals surface area contributed by atoms with Gasteiger partial charge in [0, 0.05) is 18.7 Å². The zero-order chi connectivity index (χ0) is 20.1. The molecule has 1 aromatic carbocycles. The summed E-state index contributed by atoms with van der Waals surface area (Å²) in [4.78, 5) is 34.6. The fourth-order valence-electron chi connectivity index (χ4n) is 3.02. The highest BCUT2D eigenvalue weighted by Crippen LogP contribution is 2.27. The molecule has 1 amide bonds. The van der Waals surface area contributed by atoms with Gasteiger partial charge in [-0.25, -0.2) is 4.79 Å². The molecular weight excluding hydrogens is 338 g/mol. The average molecular weight is 365 g/mol. The Kier molecular flexibility index (Phi) is 6.72. The van der Waals surface area contributed by atoms with Gasteiger partial charge >= 0.3 is 5.97 Å². The van der Waals surface area contributed by atoms with Crippen molar-refractivity contribution in [3.8, 4) is 0 Å². The predicted octanol–water partition coefficient (Wildman–Crippen LogP) is 3.12. The Morgan fingerprint density at radius 3 is 2.31 bits per heavy atom. The van der Waals surface area contributed by atoms with E-state index < -0.39 is 28.9 Å². The van der Waals surface area contributed by atoms with Gasteiger partial charge in [-0.05, 0) is 37.8 Å². The molecule has 26 heavy (non-hydrogen) atoms. The molecule has 1 aromatic rings. The van der Waals surface area contributed by atoms with Crippen LogP contribution in [0.1, 0.15) is 51.4 Å². The van der Waals surface area contributed by atoms with Crippen LogP contribution in [0.15, 0.2) is 18.2 Å². The zero-order valence-electron chi connectivity index (χ0n) is 16.1. The molecule has 2 N–H and O–H groups in total. The first-order chi connectivity index (χ1) is 11.8. The molecule has 0 saturated heterocycles. The zero-order valence-corrected chi connectivity index (χ0v) is 16.1. The molecule has 0 aliphatic carbocycles. The van der Waals surface area contributed by atoms with Crippen LogP contribution in [-0.4, -0.2) is 36.0 Å². The lowest BCUT2D eigenvalue weighted by molar-refractivity contribution is -0.384. The maximum absolute atomic E-state index is 12.1. The minimum atomic E-state index is -0.792. The number of carbonyl (C=O) groups is 2. The number of amides is 1. The Labute approximate surface area is 153 Å². The second kappa shape index (κ2) is 8.16. The van der Waals surface area contributed by atoms with Crippen LogP contribution in [0.3, 0.4) is 0 Å². The van der Waals surface area contributed by atoms with Crippen molar-refractivity contribution in [3.05, 3.63) is 33.9 Å². The van der Waals surface area contributed by atoms with E-state index in [1.54, 1.807) is 7.05 Å². The number of rotatable bonds is 7. The lowest BCUT2D eigenvalue weighted by Gasteiger charge is -2.33. The third kappa shape index (κ3) is 6.70. The normalized spacial score (nSPS) is 11.6. The molecule has 0 aliphatic rings. The molecular formula is C18H27N3O5. The van der Waals surface area contributed by atoms with E-state index in [4.69, 9.17) is 4.74 Å². The molecule has 8 heteroatoms. The summed E-state index contributed by atoms with van der Waals surface area (Å²) in [6.45, 7) is 9.57. The van der Waals surface area contributed by atoms with Crippen molar-refractivity contribution in [1.29, 1.82) is 0 Å². The third-order valence-electron chi connectivity index (χ3n) is 3.48. The van der Waals surface area contributed by atoms with Crippen molar-refractivity contribution < 1.29 is 19.2 Å². The second-order valence-electron chi connectivity index (χ2n) is 7.98. The van der Waals surface area contributed by atoms with Gasteiger partial charge in [-0.1, -0.05) is 20.8 Å². The molecule has 0 fully saturated rings. The number of esters is 1. The number of nitro benzene ring substituents is 1. The summed E-state index contributed by atoms with van der Waals surface area (Å²) in [5.41, 5.74) is -0.362. The summed E-state index contributed by atoms with van der Waals surface area (Å²) in [7, 11) is 1.55.